The lowest BCUT2D eigenvalue weighted by Gasteiger charge is -2.16. The van der Waals surface area contributed by atoms with Gasteiger partial charge in [-0.3, -0.25) is 4.79 Å². The van der Waals surface area contributed by atoms with Gasteiger partial charge in [0.2, 0.25) is 10.0 Å². The van der Waals surface area contributed by atoms with E-state index in [1.165, 1.54) is 49.5 Å². The van der Waals surface area contributed by atoms with Gasteiger partial charge in [-0.1, -0.05) is 18.2 Å². The number of sulfonamides is 1. The summed E-state index contributed by atoms with van der Waals surface area (Å²) < 4.78 is 51.2. The van der Waals surface area contributed by atoms with Crippen molar-refractivity contribution in [3.63, 3.8) is 0 Å². The molecule has 0 saturated carbocycles. The van der Waals surface area contributed by atoms with E-state index in [0.717, 1.165) is 10.4 Å². The Morgan fingerprint density at radius 1 is 1.19 bits per heavy atom. The highest BCUT2D eigenvalue weighted by Gasteiger charge is 2.21. The van der Waals surface area contributed by atoms with Gasteiger partial charge in [0.15, 0.2) is 0 Å². The highest BCUT2D eigenvalue weighted by molar-refractivity contribution is 7.89. The van der Waals surface area contributed by atoms with Gasteiger partial charge in [0.25, 0.3) is 12.3 Å². The number of carbonyl (C=O) groups is 1. The summed E-state index contributed by atoms with van der Waals surface area (Å²) in [6.45, 7) is -0.421. The Bertz CT molecular complexity index is 888. The van der Waals surface area contributed by atoms with Gasteiger partial charge in [-0.25, -0.2) is 17.2 Å². The zero-order valence-corrected chi connectivity index (χ0v) is 14.7. The minimum atomic E-state index is -3.85. The van der Waals surface area contributed by atoms with Gasteiger partial charge in [0.1, 0.15) is 0 Å². The molecule has 0 atom stereocenters. The maximum atomic E-state index is 12.7. The number of aliphatic hydroxyl groups excluding tert-OH is 1. The van der Waals surface area contributed by atoms with Gasteiger partial charge in [0, 0.05) is 30.4 Å². The molecule has 9 heteroatoms. The van der Waals surface area contributed by atoms with Crippen molar-refractivity contribution in [3.05, 3.63) is 59.7 Å². The van der Waals surface area contributed by atoms with E-state index < -0.39 is 22.4 Å². The van der Waals surface area contributed by atoms with Crippen LogP contribution < -0.4 is 5.32 Å². The molecule has 0 bridgehead atoms. The van der Waals surface area contributed by atoms with Crippen LogP contribution >= 0.6 is 0 Å². The normalized spacial score (nSPS) is 11.8. The zero-order chi connectivity index (χ0) is 19.3. The molecule has 2 rings (SSSR count). The van der Waals surface area contributed by atoms with E-state index >= 15 is 0 Å². The summed E-state index contributed by atoms with van der Waals surface area (Å²) >= 11 is 0. The Morgan fingerprint density at radius 3 is 2.54 bits per heavy atom. The zero-order valence-electron chi connectivity index (χ0n) is 13.9. The molecule has 0 heterocycles. The van der Waals surface area contributed by atoms with E-state index in [2.05, 4.69) is 5.32 Å². The van der Waals surface area contributed by atoms with Crippen molar-refractivity contribution in [2.45, 2.75) is 11.3 Å². The molecule has 0 fully saturated rings. The fourth-order valence-electron chi connectivity index (χ4n) is 2.19. The van der Waals surface area contributed by atoms with E-state index in [4.69, 9.17) is 5.11 Å². The third-order valence-corrected chi connectivity index (χ3v) is 5.47. The second-order valence-corrected chi connectivity index (χ2v) is 7.50. The van der Waals surface area contributed by atoms with E-state index in [1.807, 2.05) is 0 Å². The lowest BCUT2D eigenvalue weighted by Crippen LogP contribution is -2.29. The van der Waals surface area contributed by atoms with Crippen molar-refractivity contribution in [3.8, 4) is 0 Å². The first kappa shape index (κ1) is 20.0. The number of hydrogen-bond acceptors (Lipinski definition) is 4. The second-order valence-electron chi connectivity index (χ2n) is 5.46. The number of alkyl halides is 2. The third kappa shape index (κ3) is 4.63. The van der Waals surface area contributed by atoms with Crippen LogP contribution in [0.15, 0.2) is 53.4 Å². The number of hydrogen-bond donors (Lipinski definition) is 2. The molecule has 6 nitrogen and oxygen atoms in total. The van der Waals surface area contributed by atoms with E-state index in [9.17, 15) is 22.0 Å². The third-order valence-electron chi connectivity index (χ3n) is 3.62. The van der Waals surface area contributed by atoms with Gasteiger partial charge < -0.3 is 10.4 Å². The van der Waals surface area contributed by atoms with Crippen molar-refractivity contribution < 1.29 is 27.1 Å². The molecule has 2 aromatic rings. The Morgan fingerprint density at radius 2 is 1.88 bits per heavy atom. The molecule has 2 N–H and O–H groups in total. The molecule has 0 aliphatic rings. The van der Waals surface area contributed by atoms with Crippen LogP contribution in [-0.2, 0) is 10.0 Å². The predicted molar refractivity (Wildman–Crippen MR) is 92.7 cm³/mol. The van der Waals surface area contributed by atoms with Gasteiger partial charge >= 0.3 is 0 Å². The van der Waals surface area contributed by atoms with Crippen molar-refractivity contribution in [1.82, 2.24) is 4.31 Å². The fourth-order valence-corrected chi connectivity index (χ4v) is 3.40. The van der Waals surface area contributed by atoms with Crippen LogP contribution in [0.1, 0.15) is 22.3 Å². The van der Waals surface area contributed by atoms with E-state index in [1.54, 1.807) is 0 Å². The molecule has 0 spiro atoms. The predicted octanol–water partition coefficient (Wildman–Crippen LogP) is 2.49. The SMILES string of the molecule is CN(CCO)S(=O)(=O)c1cccc(C(=O)Nc2cccc(C(F)F)c2)c1. The topological polar surface area (TPSA) is 86.7 Å². The van der Waals surface area contributed by atoms with Crippen molar-refractivity contribution >= 4 is 21.6 Å². The van der Waals surface area contributed by atoms with Crippen LogP contribution in [0.5, 0.6) is 0 Å². The highest BCUT2D eigenvalue weighted by Crippen LogP contribution is 2.22. The second kappa shape index (κ2) is 8.35. The summed E-state index contributed by atoms with van der Waals surface area (Å²) in [7, 11) is -2.54. The maximum Gasteiger partial charge on any atom is 0.263 e. The summed E-state index contributed by atoms with van der Waals surface area (Å²) in [4.78, 5) is 12.2. The molecular formula is C17H18F2N2O4S. The first-order chi connectivity index (χ1) is 12.3. The Hall–Kier alpha value is -2.36. The van der Waals surface area contributed by atoms with Crippen LogP contribution in [0, 0.1) is 0 Å². The van der Waals surface area contributed by atoms with Crippen LogP contribution in [0.2, 0.25) is 0 Å². The van der Waals surface area contributed by atoms with Crippen LogP contribution in [0.25, 0.3) is 0 Å². The molecule has 0 saturated heterocycles. The molecule has 0 radical (unpaired) electrons. The average molecular weight is 384 g/mol. The van der Waals surface area contributed by atoms with Crippen LogP contribution in [0.3, 0.4) is 0 Å². The number of rotatable bonds is 7. The van der Waals surface area contributed by atoms with Gasteiger partial charge in [-0.15, -0.1) is 0 Å². The summed E-state index contributed by atoms with van der Waals surface area (Å²) in [5.41, 5.74) is 0.00846. The smallest absolute Gasteiger partial charge is 0.263 e. The molecular weight excluding hydrogens is 366 g/mol. The molecule has 140 valence electrons. The Labute approximate surface area is 150 Å². The summed E-state index contributed by atoms with van der Waals surface area (Å²) in [5.74, 6) is -0.627. The summed E-state index contributed by atoms with van der Waals surface area (Å²) in [6, 6.07) is 10.6. The molecule has 2 aromatic carbocycles. The monoisotopic (exact) mass is 384 g/mol. The Kier molecular flexibility index (Phi) is 6.41. The molecule has 0 aliphatic carbocycles. The first-order valence-corrected chi connectivity index (χ1v) is 9.06. The number of carbonyl (C=O) groups excluding carboxylic acids is 1. The number of amides is 1. The molecule has 26 heavy (non-hydrogen) atoms. The number of benzene rings is 2. The number of aliphatic hydroxyl groups is 1. The number of nitrogens with zero attached hydrogens (tertiary/aromatic N) is 1. The summed E-state index contributed by atoms with van der Waals surface area (Å²) in [6.07, 6.45) is -2.66. The largest absolute Gasteiger partial charge is 0.395 e. The van der Waals surface area contributed by atoms with E-state index in [0.29, 0.717) is 0 Å². The molecule has 0 aromatic heterocycles. The quantitative estimate of drug-likeness (QED) is 0.768. The number of halogens is 2. The van der Waals surface area contributed by atoms with Gasteiger partial charge in [-0.05, 0) is 30.3 Å². The first-order valence-electron chi connectivity index (χ1n) is 7.62. The van der Waals surface area contributed by atoms with Gasteiger partial charge in [0.05, 0.1) is 11.5 Å². The number of likely N-dealkylation sites (N-methyl/N-ethyl adjacent to an activating group) is 1. The average Bonchev–Trinajstić information content (AvgIpc) is 2.62. The van der Waals surface area contributed by atoms with Crippen molar-refractivity contribution in [1.29, 1.82) is 0 Å². The molecule has 0 unspecified atom stereocenters. The van der Waals surface area contributed by atoms with Crippen LogP contribution in [-0.4, -0.2) is 43.9 Å². The lowest BCUT2D eigenvalue weighted by molar-refractivity contribution is 0.102. The standard InChI is InChI=1S/C17H18F2N2O4S/c1-21(8-9-22)26(24,25)15-7-3-5-13(11-15)17(23)20-14-6-2-4-12(10-14)16(18)19/h2-7,10-11,16,22H,8-9H2,1H3,(H,20,23). The van der Waals surface area contributed by atoms with Crippen molar-refractivity contribution in [2.75, 3.05) is 25.5 Å². The fraction of sp³-hybridized carbons (Fsp3) is 0.235. The molecule has 1 amide bonds. The maximum absolute atomic E-state index is 12.7. The minimum Gasteiger partial charge on any atom is -0.395 e. The van der Waals surface area contributed by atoms with Crippen molar-refractivity contribution in [2.24, 2.45) is 0 Å². The van der Waals surface area contributed by atoms with E-state index in [-0.39, 0.29) is 34.9 Å². The highest BCUT2D eigenvalue weighted by atomic mass is 32.2. The molecule has 0 aliphatic heterocycles. The number of anilines is 1. The van der Waals surface area contributed by atoms with Crippen LogP contribution in [0.4, 0.5) is 14.5 Å². The van der Waals surface area contributed by atoms with Gasteiger partial charge in [-0.2, -0.15) is 4.31 Å². The minimum absolute atomic E-state index is 0.0610. The summed E-state index contributed by atoms with van der Waals surface area (Å²) in [5, 5.41) is 11.4. The Balaban J connectivity index is 2.24. The lowest BCUT2D eigenvalue weighted by atomic mass is 10.2. The number of nitrogens with one attached hydrogen (secondary N) is 1.